The number of ether oxygens (including phenoxy) is 1. The molecule has 0 aliphatic rings. The molecule has 2 aromatic carbocycles. The third-order valence-electron chi connectivity index (χ3n) is 4.72. The fraction of sp³-hybridized carbons (Fsp3) is 0.364. The van der Waals surface area contributed by atoms with Crippen LogP contribution in [0.4, 0.5) is 23.2 Å². The molecule has 3 unspecified atom stereocenters. The minimum absolute atomic E-state index is 0.0855. The quantitative estimate of drug-likeness (QED) is 0.318. The van der Waals surface area contributed by atoms with Gasteiger partial charge in [-0.25, -0.2) is 8.96 Å². The number of phosphoric ester groups is 1. The van der Waals surface area contributed by atoms with Crippen LogP contribution in [0.25, 0.3) is 0 Å². The number of nitriles is 1. The Hall–Kier alpha value is -2.97. The molecule has 0 aliphatic carbocycles. The van der Waals surface area contributed by atoms with Crippen molar-refractivity contribution in [2.75, 3.05) is 11.9 Å². The molecule has 0 spiro atoms. The van der Waals surface area contributed by atoms with E-state index in [1.54, 1.807) is 6.92 Å². The number of nitrogens with zero attached hydrogens (tertiary/aromatic N) is 1. The van der Waals surface area contributed by atoms with Gasteiger partial charge in [0.1, 0.15) is 18.2 Å². The number of anilines is 1. The topological polar surface area (TPSA) is 118 Å². The van der Waals surface area contributed by atoms with Crippen molar-refractivity contribution in [3.63, 3.8) is 0 Å². The molecule has 2 rings (SSSR count). The van der Waals surface area contributed by atoms with Crippen molar-refractivity contribution in [1.29, 1.82) is 5.26 Å². The predicted molar refractivity (Wildman–Crippen MR) is 117 cm³/mol. The highest BCUT2D eigenvalue weighted by Crippen LogP contribution is 2.49. The molecule has 0 aliphatic heterocycles. The van der Waals surface area contributed by atoms with Crippen molar-refractivity contribution in [1.82, 2.24) is 0 Å². The van der Waals surface area contributed by atoms with Gasteiger partial charge >= 0.3 is 14.0 Å². The summed E-state index contributed by atoms with van der Waals surface area (Å²) in [4.78, 5) is 23.2. The Labute approximate surface area is 199 Å². The van der Waals surface area contributed by atoms with E-state index in [0.717, 1.165) is 31.2 Å². The second kappa shape index (κ2) is 11.2. The van der Waals surface area contributed by atoms with Crippen molar-refractivity contribution in [2.24, 2.45) is 0 Å². The Balaban J connectivity index is 2.35. The Bertz CT molecular complexity index is 1140. The number of alkyl halides is 3. The third-order valence-corrected chi connectivity index (χ3v) is 5.98. The summed E-state index contributed by atoms with van der Waals surface area (Å²) in [6.07, 6.45) is -5.25. The van der Waals surface area contributed by atoms with E-state index >= 15 is 0 Å². The summed E-state index contributed by atoms with van der Waals surface area (Å²) in [6, 6.07) is 8.51. The standard InChI is InChI=1S/C22H23F4N2O6P/c1-4-14(2)33-35(30,31)34-21(3,13-32-18-9-6-16(23)7-10-18)20(29)28-17-8-5-15(12-27)19(11-17)22(24,25)26/h5-11,14H,4,13H2,1-3H3,(H,28,29)(H,30,31). The Kier molecular flexibility index (Phi) is 9.03. The van der Waals surface area contributed by atoms with E-state index < -0.39 is 55.2 Å². The van der Waals surface area contributed by atoms with Crippen LogP contribution in [0.2, 0.25) is 0 Å². The minimum atomic E-state index is -4.87. The number of carbonyl (C=O) groups excluding carboxylic acids is 1. The smallest absolute Gasteiger partial charge is 0.473 e. The number of rotatable bonds is 10. The van der Waals surface area contributed by atoms with Crippen molar-refractivity contribution in [2.45, 2.75) is 45.1 Å². The molecule has 0 aromatic heterocycles. The van der Waals surface area contributed by atoms with Crippen molar-refractivity contribution in [3.8, 4) is 11.8 Å². The first-order chi connectivity index (χ1) is 16.2. The monoisotopic (exact) mass is 518 g/mol. The SMILES string of the molecule is CCC(C)OP(=O)(O)OC(C)(COc1ccc(F)cc1)C(=O)Nc1ccc(C#N)c(C(F)(F)F)c1. The third kappa shape index (κ3) is 8.04. The molecule has 0 heterocycles. The summed E-state index contributed by atoms with van der Waals surface area (Å²) in [7, 11) is -4.85. The van der Waals surface area contributed by atoms with Crippen LogP contribution in [0.5, 0.6) is 5.75 Å². The number of nitrogens with one attached hydrogen (secondary N) is 1. The van der Waals surface area contributed by atoms with Gasteiger partial charge in [-0.05, 0) is 62.7 Å². The molecule has 1 amide bonds. The maximum Gasteiger partial charge on any atom is 0.473 e. The number of carbonyl (C=O) groups is 1. The summed E-state index contributed by atoms with van der Waals surface area (Å²) in [6.45, 7) is 3.55. The zero-order valence-electron chi connectivity index (χ0n) is 18.9. The first-order valence-electron chi connectivity index (χ1n) is 10.2. The minimum Gasteiger partial charge on any atom is -0.490 e. The average molecular weight is 518 g/mol. The highest BCUT2D eigenvalue weighted by atomic mass is 31.2. The van der Waals surface area contributed by atoms with Crippen molar-refractivity contribution < 1.29 is 45.6 Å². The summed E-state index contributed by atoms with van der Waals surface area (Å²) < 4.78 is 81.0. The number of halogens is 4. The Morgan fingerprint density at radius 3 is 2.40 bits per heavy atom. The molecule has 190 valence electrons. The lowest BCUT2D eigenvalue weighted by Gasteiger charge is -2.30. The zero-order valence-corrected chi connectivity index (χ0v) is 19.8. The number of benzene rings is 2. The maximum absolute atomic E-state index is 13.3. The van der Waals surface area contributed by atoms with Crippen molar-refractivity contribution >= 4 is 19.4 Å². The van der Waals surface area contributed by atoms with Crippen molar-refractivity contribution in [3.05, 3.63) is 59.4 Å². The largest absolute Gasteiger partial charge is 0.490 e. The van der Waals surface area contributed by atoms with Gasteiger partial charge in [-0.15, -0.1) is 0 Å². The summed E-state index contributed by atoms with van der Waals surface area (Å²) in [5.74, 6) is -1.61. The highest BCUT2D eigenvalue weighted by molar-refractivity contribution is 7.47. The molecule has 0 saturated carbocycles. The summed E-state index contributed by atoms with van der Waals surface area (Å²) in [5, 5.41) is 11.1. The van der Waals surface area contributed by atoms with Gasteiger partial charge in [-0.3, -0.25) is 13.8 Å². The fourth-order valence-corrected chi connectivity index (χ4v) is 3.97. The van der Waals surface area contributed by atoms with Gasteiger partial charge in [-0.2, -0.15) is 18.4 Å². The average Bonchev–Trinajstić information content (AvgIpc) is 2.77. The highest BCUT2D eigenvalue weighted by Gasteiger charge is 2.44. The van der Waals surface area contributed by atoms with E-state index in [0.29, 0.717) is 12.5 Å². The fourth-order valence-electron chi connectivity index (χ4n) is 2.68. The van der Waals surface area contributed by atoms with Gasteiger partial charge in [0.05, 0.1) is 23.3 Å². The van der Waals surface area contributed by atoms with Crippen LogP contribution in [-0.2, 0) is 24.6 Å². The summed E-state index contributed by atoms with van der Waals surface area (Å²) in [5.41, 5.74) is -4.54. The Morgan fingerprint density at radius 2 is 1.86 bits per heavy atom. The van der Waals surface area contributed by atoms with Gasteiger partial charge in [0.25, 0.3) is 5.91 Å². The van der Waals surface area contributed by atoms with Gasteiger partial charge in [0, 0.05) is 5.69 Å². The van der Waals surface area contributed by atoms with Crippen LogP contribution >= 0.6 is 7.82 Å². The van der Waals surface area contributed by atoms with Crippen LogP contribution in [-0.4, -0.2) is 29.1 Å². The molecule has 0 fully saturated rings. The zero-order chi connectivity index (χ0) is 26.4. The Morgan fingerprint density at radius 1 is 1.23 bits per heavy atom. The molecule has 0 radical (unpaired) electrons. The molecule has 2 N–H and O–H groups in total. The molecule has 2 aromatic rings. The number of hydrogen-bond donors (Lipinski definition) is 2. The van der Waals surface area contributed by atoms with Gasteiger partial charge in [-0.1, -0.05) is 6.92 Å². The van der Waals surface area contributed by atoms with Crippen LogP contribution in [0.3, 0.4) is 0 Å². The number of phosphoric acid groups is 1. The molecular weight excluding hydrogens is 495 g/mol. The van der Waals surface area contributed by atoms with E-state index in [9.17, 15) is 31.8 Å². The van der Waals surface area contributed by atoms with E-state index in [2.05, 4.69) is 5.32 Å². The number of hydrogen-bond acceptors (Lipinski definition) is 6. The normalized spacial score (nSPS) is 15.9. The first-order valence-corrected chi connectivity index (χ1v) is 11.7. The molecule has 13 heteroatoms. The van der Waals surface area contributed by atoms with Crippen LogP contribution in [0.15, 0.2) is 42.5 Å². The lowest BCUT2D eigenvalue weighted by molar-refractivity contribution is -0.138. The maximum atomic E-state index is 13.3. The van der Waals surface area contributed by atoms with E-state index in [1.165, 1.54) is 25.1 Å². The number of amides is 1. The molecular formula is C22H23F4N2O6P. The van der Waals surface area contributed by atoms with Crippen LogP contribution < -0.4 is 10.1 Å². The lowest BCUT2D eigenvalue weighted by atomic mass is 10.1. The van der Waals surface area contributed by atoms with E-state index in [4.69, 9.17) is 19.0 Å². The molecule has 35 heavy (non-hydrogen) atoms. The molecule has 3 atom stereocenters. The van der Waals surface area contributed by atoms with Crippen LogP contribution in [0, 0.1) is 17.1 Å². The molecule has 0 saturated heterocycles. The summed E-state index contributed by atoms with van der Waals surface area (Å²) >= 11 is 0. The van der Waals surface area contributed by atoms with Gasteiger partial charge in [0.15, 0.2) is 5.60 Å². The lowest BCUT2D eigenvalue weighted by Crippen LogP contribution is -2.47. The molecule has 0 bridgehead atoms. The van der Waals surface area contributed by atoms with E-state index in [1.807, 2.05) is 0 Å². The predicted octanol–water partition coefficient (Wildman–Crippen LogP) is 5.42. The second-order valence-electron chi connectivity index (χ2n) is 7.68. The van der Waals surface area contributed by atoms with Gasteiger partial charge in [0.2, 0.25) is 0 Å². The first kappa shape index (κ1) is 28.3. The van der Waals surface area contributed by atoms with Gasteiger partial charge < -0.3 is 14.9 Å². The van der Waals surface area contributed by atoms with Crippen LogP contribution in [0.1, 0.15) is 38.3 Å². The van der Waals surface area contributed by atoms with E-state index in [-0.39, 0.29) is 11.4 Å². The second-order valence-corrected chi connectivity index (χ2v) is 9.01. The molecule has 8 nitrogen and oxygen atoms in total.